The van der Waals surface area contributed by atoms with E-state index in [4.69, 9.17) is 23.3 Å². The highest BCUT2D eigenvalue weighted by Crippen LogP contribution is 2.47. The van der Waals surface area contributed by atoms with Gasteiger partial charge in [-0.25, -0.2) is 4.57 Å². The minimum absolute atomic E-state index is 0.139. The third-order valence-electron chi connectivity index (χ3n) is 6.52. The lowest BCUT2D eigenvalue weighted by atomic mass is 10.0. The minimum atomic E-state index is -4.08. The summed E-state index contributed by atoms with van der Waals surface area (Å²) < 4.78 is 39.7. The van der Waals surface area contributed by atoms with E-state index in [0.29, 0.717) is 19.6 Å². The summed E-state index contributed by atoms with van der Waals surface area (Å²) in [5.74, 6) is 0. The van der Waals surface area contributed by atoms with Gasteiger partial charge in [0.1, 0.15) is 24.4 Å². The van der Waals surface area contributed by atoms with E-state index >= 15 is 0 Å². The first-order chi connectivity index (χ1) is 16.1. The Labute approximate surface area is 201 Å². The number of ether oxygens (including phenoxy) is 3. The highest BCUT2D eigenvalue weighted by molar-refractivity contribution is 7.47. The van der Waals surface area contributed by atoms with Crippen LogP contribution in [0.5, 0.6) is 0 Å². The molecule has 0 bridgehead atoms. The molecule has 1 N–H and O–H groups in total. The Balaban J connectivity index is 1.42. The van der Waals surface area contributed by atoms with Crippen LogP contribution in [0, 0.1) is 0 Å². The average Bonchev–Trinajstić information content (AvgIpc) is 3.38. The van der Waals surface area contributed by atoms with Crippen molar-refractivity contribution in [1.82, 2.24) is 0 Å². The molecule has 0 radical (unpaired) electrons. The van der Waals surface area contributed by atoms with E-state index in [-0.39, 0.29) is 31.5 Å². The molecule has 8 heteroatoms. The van der Waals surface area contributed by atoms with Crippen LogP contribution in [0.1, 0.15) is 110 Å². The molecule has 5 atom stereocenters. The van der Waals surface area contributed by atoms with Gasteiger partial charge in [0.25, 0.3) is 0 Å². The summed E-state index contributed by atoms with van der Waals surface area (Å²) in [5, 5.41) is 0. The lowest BCUT2D eigenvalue weighted by Gasteiger charge is -2.19. The quantitative estimate of drug-likeness (QED) is 0.143. The summed E-state index contributed by atoms with van der Waals surface area (Å²) in [6.45, 7) is 5.67. The normalized spacial score (nSPS) is 26.5. The maximum Gasteiger partial charge on any atom is 0.472 e. The monoisotopic (exact) mass is 492 g/mol. The molecule has 2 aliphatic heterocycles. The van der Waals surface area contributed by atoms with Crippen molar-refractivity contribution < 1.29 is 32.7 Å². The Morgan fingerprint density at radius 1 is 0.697 bits per heavy atom. The second-order valence-electron chi connectivity index (χ2n) is 9.55. The maximum absolute atomic E-state index is 12.0. The first-order valence-electron chi connectivity index (χ1n) is 13.6. The summed E-state index contributed by atoms with van der Waals surface area (Å²) >= 11 is 0. The van der Waals surface area contributed by atoms with Crippen molar-refractivity contribution in [2.75, 3.05) is 26.4 Å². The summed E-state index contributed by atoms with van der Waals surface area (Å²) in [4.78, 5) is 9.81. The SMILES string of the molecule is CCCCCCCCCCCCCCCCO[C@@H]1COC2C1OC[C@H]2OP(=O)(O)OCCC. The van der Waals surface area contributed by atoms with Crippen molar-refractivity contribution in [2.45, 2.75) is 135 Å². The molecule has 3 unspecified atom stereocenters. The molecule has 196 valence electrons. The molecular formula is C25H49O7P. The van der Waals surface area contributed by atoms with Gasteiger partial charge in [-0.2, -0.15) is 0 Å². The van der Waals surface area contributed by atoms with Gasteiger partial charge < -0.3 is 19.1 Å². The van der Waals surface area contributed by atoms with Gasteiger partial charge in [0.2, 0.25) is 0 Å². The molecule has 2 saturated heterocycles. The van der Waals surface area contributed by atoms with Crippen molar-refractivity contribution in [3.05, 3.63) is 0 Å². The summed E-state index contributed by atoms with van der Waals surface area (Å²) in [6.07, 6.45) is 18.0. The fourth-order valence-electron chi connectivity index (χ4n) is 4.60. The summed E-state index contributed by atoms with van der Waals surface area (Å²) in [5.41, 5.74) is 0. The highest BCUT2D eigenvalue weighted by atomic mass is 31.2. The molecule has 2 aliphatic rings. The molecule has 0 aliphatic carbocycles. The molecule has 2 fully saturated rings. The van der Waals surface area contributed by atoms with E-state index in [1.54, 1.807) is 0 Å². The molecule has 33 heavy (non-hydrogen) atoms. The molecule has 2 heterocycles. The third-order valence-corrected chi connectivity index (χ3v) is 7.57. The Kier molecular flexibility index (Phi) is 15.4. The highest BCUT2D eigenvalue weighted by Gasteiger charge is 2.50. The van der Waals surface area contributed by atoms with Gasteiger partial charge in [-0.05, 0) is 12.8 Å². The first kappa shape index (κ1) is 29.2. The second kappa shape index (κ2) is 17.4. The zero-order valence-corrected chi connectivity index (χ0v) is 22.0. The van der Waals surface area contributed by atoms with E-state index in [1.807, 2.05) is 6.92 Å². The van der Waals surface area contributed by atoms with Gasteiger partial charge in [-0.1, -0.05) is 97.3 Å². The molecule has 0 spiro atoms. The predicted molar refractivity (Wildman–Crippen MR) is 130 cm³/mol. The molecule has 2 rings (SSSR count). The van der Waals surface area contributed by atoms with Crippen LogP contribution < -0.4 is 0 Å². The molecule has 0 aromatic heterocycles. The average molecular weight is 493 g/mol. The van der Waals surface area contributed by atoms with E-state index in [9.17, 15) is 9.46 Å². The maximum atomic E-state index is 12.0. The molecular weight excluding hydrogens is 443 g/mol. The van der Waals surface area contributed by atoms with Crippen molar-refractivity contribution in [2.24, 2.45) is 0 Å². The van der Waals surface area contributed by atoms with Gasteiger partial charge in [0.05, 0.1) is 19.8 Å². The Morgan fingerprint density at radius 3 is 1.73 bits per heavy atom. The molecule has 0 aromatic rings. The number of hydrogen-bond acceptors (Lipinski definition) is 6. The van der Waals surface area contributed by atoms with E-state index in [2.05, 4.69) is 6.92 Å². The van der Waals surface area contributed by atoms with Crippen molar-refractivity contribution in [1.29, 1.82) is 0 Å². The van der Waals surface area contributed by atoms with Gasteiger partial charge in [-0.15, -0.1) is 0 Å². The number of unbranched alkanes of at least 4 members (excludes halogenated alkanes) is 13. The lowest BCUT2D eigenvalue weighted by Crippen LogP contribution is -2.34. The third kappa shape index (κ3) is 12.0. The number of fused-ring (bicyclic) bond motifs is 1. The zero-order chi connectivity index (χ0) is 23.8. The topological polar surface area (TPSA) is 83.5 Å². The van der Waals surface area contributed by atoms with Crippen LogP contribution in [0.2, 0.25) is 0 Å². The number of rotatable bonds is 21. The fourth-order valence-corrected chi connectivity index (χ4v) is 5.60. The van der Waals surface area contributed by atoms with E-state index < -0.39 is 13.9 Å². The van der Waals surface area contributed by atoms with Crippen molar-refractivity contribution in [3.8, 4) is 0 Å². The number of phosphoric ester groups is 1. The van der Waals surface area contributed by atoms with E-state index in [1.165, 1.54) is 83.5 Å². The van der Waals surface area contributed by atoms with Crippen LogP contribution in [0.4, 0.5) is 0 Å². The lowest BCUT2D eigenvalue weighted by molar-refractivity contribution is -0.0381. The fraction of sp³-hybridized carbons (Fsp3) is 1.00. The van der Waals surface area contributed by atoms with Gasteiger partial charge in [-0.3, -0.25) is 9.05 Å². The van der Waals surface area contributed by atoms with Crippen LogP contribution in [0.25, 0.3) is 0 Å². The Hall–Kier alpha value is -0.0100. The van der Waals surface area contributed by atoms with Crippen molar-refractivity contribution >= 4 is 7.82 Å². The minimum Gasteiger partial charge on any atom is -0.373 e. The van der Waals surface area contributed by atoms with E-state index in [0.717, 1.165) is 6.42 Å². The molecule has 0 amide bonds. The van der Waals surface area contributed by atoms with Crippen LogP contribution in [-0.4, -0.2) is 55.7 Å². The van der Waals surface area contributed by atoms with Gasteiger partial charge in [0.15, 0.2) is 0 Å². The smallest absolute Gasteiger partial charge is 0.373 e. The van der Waals surface area contributed by atoms with Crippen LogP contribution in [0.3, 0.4) is 0 Å². The Morgan fingerprint density at radius 2 is 1.18 bits per heavy atom. The predicted octanol–water partition coefficient (Wildman–Crippen LogP) is 6.56. The largest absolute Gasteiger partial charge is 0.472 e. The van der Waals surface area contributed by atoms with Crippen LogP contribution in [-0.2, 0) is 27.8 Å². The molecule has 0 saturated carbocycles. The second-order valence-corrected chi connectivity index (χ2v) is 11.0. The summed E-state index contributed by atoms with van der Waals surface area (Å²) in [7, 11) is -4.08. The number of phosphoric acid groups is 1. The summed E-state index contributed by atoms with van der Waals surface area (Å²) in [6, 6.07) is 0. The molecule has 0 aromatic carbocycles. The zero-order valence-electron chi connectivity index (χ0n) is 21.1. The molecule has 7 nitrogen and oxygen atoms in total. The number of hydrogen-bond donors (Lipinski definition) is 1. The Bertz CT molecular complexity index is 533. The van der Waals surface area contributed by atoms with Gasteiger partial charge >= 0.3 is 7.82 Å². The van der Waals surface area contributed by atoms with Crippen molar-refractivity contribution in [3.63, 3.8) is 0 Å². The standard InChI is InChI=1S/C25H49O7P/c1-3-5-6-7-8-9-10-11-12-13-14-15-16-17-19-28-22-20-29-25-23(21-30-24(22)25)32-33(26,27)31-18-4-2/h22-25H,3-21H2,1-2H3,(H,26,27)/t22-,23-,24?,25?/m1/s1. The van der Waals surface area contributed by atoms with Crippen LogP contribution >= 0.6 is 7.82 Å². The van der Waals surface area contributed by atoms with Crippen LogP contribution in [0.15, 0.2) is 0 Å². The first-order valence-corrected chi connectivity index (χ1v) is 15.1. The van der Waals surface area contributed by atoms with Gasteiger partial charge in [0, 0.05) is 6.61 Å².